The molecule has 2 saturated heterocycles. The Hall–Kier alpha value is -2.48. The Morgan fingerprint density at radius 3 is 2.96 bits per heavy atom. The maximum absolute atomic E-state index is 13.1. The fourth-order valence-corrected chi connectivity index (χ4v) is 4.94. The molecule has 3 aliphatic rings. The van der Waals surface area contributed by atoms with Gasteiger partial charge in [0.05, 0.1) is 17.4 Å². The second-order valence-electron chi connectivity index (χ2n) is 7.22. The highest BCUT2D eigenvalue weighted by atomic mass is 16.6. The molecule has 0 bridgehead atoms. The summed E-state index contributed by atoms with van der Waals surface area (Å²) in [4.78, 5) is 38.5. The van der Waals surface area contributed by atoms with E-state index in [1.807, 2.05) is 0 Å². The second kappa shape index (κ2) is 5.77. The van der Waals surface area contributed by atoms with Gasteiger partial charge in [-0.25, -0.2) is 0 Å². The van der Waals surface area contributed by atoms with Crippen LogP contribution in [0, 0.1) is 23.0 Å². The number of nitrogens with zero attached hydrogens (tertiary/aromatic N) is 2. The standard InChI is InChI=1S/C18H21N3O5/c1-3-26-16(22)12-9-18(20-6-4-5-14(12)20)13-8-11(21(24)25)7-10(2)15(13)19-17(18)23/h7-8,12,14H,3-6,9H2,1-2H3,(H,19,23)/t12-,14+,18+/m0/s1. The zero-order chi connectivity index (χ0) is 18.6. The number of carbonyl (C=O) groups is 2. The van der Waals surface area contributed by atoms with Crippen LogP contribution in [-0.2, 0) is 19.9 Å². The number of nitro groups is 1. The number of carbonyl (C=O) groups excluding carboxylic acids is 2. The van der Waals surface area contributed by atoms with Crippen molar-refractivity contribution in [3.8, 4) is 0 Å². The van der Waals surface area contributed by atoms with Gasteiger partial charge in [-0.3, -0.25) is 24.6 Å². The quantitative estimate of drug-likeness (QED) is 0.504. The average Bonchev–Trinajstić information content (AvgIpc) is 3.24. The molecule has 1 spiro atoms. The Morgan fingerprint density at radius 1 is 1.50 bits per heavy atom. The summed E-state index contributed by atoms with van der Waals surface area (Å²) in [5.74, 6) is -0.881. The molecule has 1 amide bonds. The van der Waals surface area contributed by atoms with Gasteiger partial charge >= 0.3 is 5.97 Å². The van der Waals surface area contributed by atoms with E-state index in [0.717, 1.165) is 12.8 Å². The lowest BCUT2D eigenvalue weighted by Gasteiger charge is -2.32. The number of nitro benzene ring substituents is 1. The van der Waals surface area contributed by atoms with Crippen molar-refractivity contribution in [2.75, 3.05) is 18.5 Å². The molecule has 8 nitrogen and oxygen atoms in total. The topological polar surface area (TPSA) is 102 Å². The average molecular weight is 359 g/mol. The molecule has 8 heteroatoms. The van der Waals surface area contributed by atoms with Crippen molar-refractivity contribution in [3.05, 3.63) is 33.4 Å². The molecule has 4 rings (SSSR count). The summed E-state index contributed by atoms with van der Waals surface area (Å²) in [7, 11) is 0. The summed E-state index contributed by atoms with van der Waals surface area (Å²) in [5, 5.41) is 14.2. The van der Waals surface area contributed by atoms with Gasteiger partial charge in [0.25, 0.3) is 5.69 Å². The van der Waals surface area contributed by atoms with Crippen molar-refractivity contribution in [2.24, 2.45) is 5.92 Å². The molecule has 138 valence electrons. The maximum atomic E-state index is 13.1. The van der Waals surface area contributed by atoms with Gasteiger partial charge in [-0.15, -0.1) is 0 Å². The number of hydrogen-bond donors (Lipinski definition) is 1. The van der Waals surface area contributed by atoms with Gasteiger partial charge in [0.15, 0.2) is 0 Å². The van der Waals surface area contributed by atoms with Gasteiger partial charge in [-0.2, -0.15) is 0 Å². The van der Waals surface area contributed by atoms with Crippen LogP contribution in [0.4, 0.5) is 11.4 Å². The van der Waals surface area contributed by atoms with Crippen LogP contribution in [0.15, 0.2) is 12.1 Å². The number of amides is 1. The van der Waals surface area contributed by atoms with E-state index in [2.05, 4.69) is 10.2 Å². The summed E-state index contributed by atoms with van der Waals surface area (Å²) < 4.78 is 5.24. The normalized spacial score (nSPS) is 29.5. The van der Waals surface area contributed by atoms with Crippen molar-refractivity contribution in [1.82, 2.24) is 4.90 Å². The monoisotopic (exact) mass is 359 g/mol. The fourth-order valence-electron chi connectivity index (χ4n) is 4.94. The van der Waals surface area contributed by atoms with E-state index in [0.29, 0.717) is 36.4 Å². The number of fused-ring (bicyclic) bond motifs is 4. The lowest BCUT2D eigenvalue weighted by molar-refractivity contribution is -0.385. The summed E-state index contributed by atoms with van der Waals surface area (Å²) >= 11 is 0. The van der Waals surface area contributed by atoms with E-state index in [-0.39, 0.29) is 23.6 Å². The molecule has 2 fully saturated rings. The lowest BCUT2D eigenvalue weighted by atomic mass is 9.83. The van der Waals surface area contributed by atoms with Crippen LogP contribution in [0.1, 0.15) is 37.3 Å². The molecule has 1 aromatic rings. The van der Waals surface area contributed by atoms with E-state index in [1.54, 1.807) is 13.8 Å². The Kier molecular flexibility index (Phi) is 3.76. The van der Waals surface area contributed by atoms with Crippen molar-refractivity contribution in [2.45, 2.75) is 44.7 Å². The van der Waals surface area contributed by atoms with Crippen LogP contribution in [0.25, 0.3) is 0 Å². The molecule has 26 heavy (non-hydrogen) atoms. The molecular formula is C18H21N3O5. The van der Waals surface area contributed by atoms with Crippen LogP contribution in [0.2, 0.25) is 0 Å². The molecule has 3 heterocycles. The first-order valence-corrected chi connectivity index (χ1v) is 8.94. The van der Waals surface area contributed by atoms with Crippen LogP contribution >= 0.6 is 0 Å². The van der Waals surface area contributed by atoms with E-state index in [1.165, 1.54) is 12.1 Å². The minimum absolute atomic E-state index is 0.0348. The molecule has 0 saturated carbocycles. The highest BCUT2D eigenvalue weighted by Gasteiger charge is 2.63. The Labute approximate surface area is 150 Å². The highest BCUT2D eigenvalue weighted by Crippen LogP contribution is 2.55. The summed E-state index contributed by atoms with van der Waals surface area (Å²) in [6, 6.07) is 2.89. The highest BCUT2D eigenvalue weighted by molar-refractivity contribution is 6.07. The van der Waals surface area contributed by atoms with Crippen molar-refractivity contribution in [3.63, 3.8) is 0 Å². The summed E-state index contributed by atoms with van der Waals surface area (Å²) in [6.07, 6.45) is 2.01. The largest absolute Gasteiger partial charge is 0.466 e. The zero-order valence-corrected chi connectivity index (χ0v) is 14.8. The number of hydrogen-bond acceptors (Lipinski definition) is 6. The van der Waals surface area contributed by atoms with Gasteiger partial charge in [0, 0.05) is 29.4 Å². The number of non-ortho nitro benzene ring substituents is 1. The third kappa shape index (κ3) is 2.11. The van der Waals surface area contributed by atoms with E-state index >= 15 is 0 Å². The zero-order valence-electron chi connectivity index (χ0n) is 14.8. The minimum atomic E-state index is -1.02. The molecule has 1 aromatic carbocycles. The first-order chi connectivity index (χ1) is 12.4. The van der Waals surface area contributed by atoms with E-state index in [4.69, 9.17) is 4.74 Å². The molecule has 0 aliphatic carbocycles. The van der Waals surface area contributed by atoms with Gasteiger partial charge in [-0.05, 0) is 45.2 Å². The number of esters is 1. The number of nitrogens with one attached hydrogen (secondary N) is 1. The molecule has 3 atom stereocenters. The second-order valence-corrected chi connectivity index (χ2v) is 7.22. The molecule has 0 unspecified atom stereocenters. The minimum Gasteiger partial charge on any atom is -0.466 e. The maximum Gasteiger partial charge on any atom is 0.310 e. The first kappa shape index (κ1) is 17.0. The van der Waals surface area contributed by atoms with Crippen molar-refractivity contribution < 1.29 is 19.2 Å². The summed E-state index contributed by atoms with van der Waals surface area (Å²) in [6.45, 7) is 4.50. The number of benzene rings is 1. The van der Waals surface area contributed by atoms with Gasteiger partial charge in [0.1, 0.15) is 5.54 Å². The van der Waals surface area contributed by atoms with Crippen molar-refractivity contribution in [1.29, 1.82) is 0 Å². The first-order valence-electron chi connectivity index (χ1n) is 8.94. The lowest BCUT2D eigenvalue weighted by Crippen LogP contribution is -2.47. The van der Waals surface area contributed by atoms with E-state index in [9.17, 15) is 19.7 Å². The SMILES string of the molecule is CCOC(=O)[C@H]1C[C@@]2(C(=O)Nc3c(C)cc([N+](=O)[O-])cc32)N2CCC[C@H]12. The number of aryl methyl sites for hydroxylation is 1. The Morgan fingerprint density at radius 2 is 2.27 bits per heavy atom. The van der Waals surface area contributed by atoms with Crippen molar-refractivity contribution >= 4 is 23.3 Å². The Bertz CT molecular complexity index is 823. The fraction of sp³-hybridized carbons (Fsp3) is 0.556. The molecule has 1 N–H and O–H groups in total. The number of rotatable bonds is 3. The molecule has 3 aliphatic heterocycles. The van der Waals surface area contributed by atoms with Crippen LogP contribution in [-0.4, -0.2) is 40.9 Å². The predicted molar refractivity (Wildman–Crippen MR) is 92.6 cm³/mol. The smallest absolute Gasteiger partial charge is 0.310 e. The van der Waals surface area contributed by atoms with E-state index < -0.39 is 16.4 Å². The van der Waals surface area contributed by atoms with Crippen LogP contribution in [0.3, 0.4) is 0 Å². The van der Waals surface area contributed by atoms with Gasteiger partial charge in [-0.1, -0.05) is 0 Å². The van der Waals surface area contributed by atoms with Gasteiger partial charge in [0.2, 0.25) is 5.91 Å². The summed E-state index contributed by atoms with van der Waals surface area (Å²) in [5.41, 5.74) is 0.857. The van der Waals surface area contributed by atoms with Crippen LogP contribution < -0.4 is 5.32 Å². The molecular weight excluding hydrogens is 338 g/mol. The van der Waals surface area contributed by atoms with Crippen LogP contribution in [0.5, 0.6) is 0 Å². The number of ether oxygens (including phenoxy) is 1. The molecule has 0 aromatic heterocycles. The predicted octanol–water partition coefficient (Wildman–Crippen LogP) is 2.10. The Balaban J connectivity index is 1.86. The third-order valence-electron chi connectivity index (χ3n) is 5.95. The molecule has 0 radical (unpaired) electrons. The van der Waals surface area contributed by atoms with Gasteiger partial charge < -0.3 is 10.1 Å². The number of anilines is 1. The third-order valence-corrected chi connectivity index (χ3v) is 5.95.